The first kappa shape index (κ1) is 60.3. The molecule has 498 valence electrons. The van der Waals surface area contributed by atoms with Crippen molar-refractivity contribution in [3.05, 3.63) is 374 Å². The van der Waals surface area contributed by atoms with Gasteiger partial charge in [0.1, 0.15) is 0 Å². The molecule has 0 saturated heterocycles. The Hall–Kier alpha value is -13.3. The first-order valence-electron chi connectivity index (χ1n) is 37.1. The van der Waals surface area contributed by atoms with Crippen molar-refractivity contribution in [1.82, 2.24) is 18.3 Å². The predicted molar refractivity (Wildman–Crippen MR) is 446 cm³/mol. The summed E-state index contributed by atoms with van der Waals surface area (Å²) in [5, 5.41) is 9.93. The normalized spacial score (nSPS) is 13.4. The molecule has 0 fully saturated rings. The Balaban J connectivity index is 0.719. The van der Waals surface area contributed by atoms with Crippen molar-refractivity contribution in [3.63, 3.8) is 0 Å². The Bertz CT molecular complexity index is 7070. The molecule has 0 aliphatic heterocycles. The van der Waals surface area contributed by atoms with Crippen LogP contribution in [0.2, 0.25) is 0 Å². The Kier molecular flexibility index (Phi) is 12.9. The fraction of sp³-hybridized carbons (Fsp3) is 0.0588. The second kappa shape index (κ2) is 22.6. The lowest BCUT2D eigenvalue weighted by Crippen LogP contribution is -2.15. The van der Waals surface area contributed by atoms with E-state index in [0.29, 0.717) is 0 Å². The number of nitrogens with zero attached hydrogens (tertiary/aromatic N) is 4. The fourth-order valence-corrected chi connectivity index (χ4v) is 19.0. The van der Waals surface area contributed by atoms with Crippen molar-refractivity contribution >= 4 is 87.2 Å². The van der Waals surface area contributed by atoms with E-state index in [-0.39, 0.29) is 10.8 Å². The van der Waals surface area contributed by atoms with Crippen LogP contribution < -0.4 is 0 Å². The van der Waals surface area contributed by atoms with Crippen LogP contribution in [0, 0.1) is 0 Å². The van der Waals surface area contributed by atoms with Gasteiger partial charge in [0.25, 0.3) is 0 Å². The number of fused-ring (bicyclic) bond motifs is 20. The minimum atomic E-state index is -0.268. The zero-order chi connectivity index (χ0) is 70.3. The van der Waals surface area contributed by atoms with Crippen LogP contribution in [0.25, 0.3) is 188 Å². The Labute approximate surface area is 614 Å². The number of aromatic nitrogens is 4. The minimum Gasteiger partial charge on any atom is -0.309 e. The number of rotatable bonds is 9. The molecular formula is C102H70N4. The quantitative estimate of drug-likeness (QED) is 0.137. The topological polar surface area (TPSA) is 19.7 Å². The molecule has 0 atom stereocenters. The van der Waals surface area contributed by atoms with Crippen LogP contribution in [0.5, 0.6) is 0 Å². The minimum absolute atomic E-state index is 0.124. The maximum Gasteiger partial charge on any atom is 0.0548 e. The molecule has 22 rings (SSSR count). The second-order valence-electron chi connectivity index (χ2n) is 30.3. The van der Waals surface area contributed by atoms with Crippen LogP contribution in [0.15, 0.2) is 352 Å². The SMILES string of the molecule is CC1(C)c2ccccc2-c2ccc(-c3cccc(-n4c5cc(-c6cc(-c7ccc(-n8c9ccccc9c9c%10c%11ccccc%11n(-c%11ccc(-c%12ccccc%12)cc%11)c%10ccc98)cc7)c7c(c6)C(C)(C)c6ccccc6-7)ccc5c5c6c7ccccc7n(-c7ccc(-c8ccccc8)cc7)c6ccc54)c3)cc21. The van der Waals surface area contributed by atoms with E-state index >= 15 is 0 Å². The molecule has 106 heavy (non-hydrogen) atoms. The number of hydrogen-bond acceptors (Lipinski definition) is 0. The van der Waals surface area contributed by atoms with Crippen molar-refractivity contribution in [1.29, 1.82) is 0 Å². The highest BCUT2D eigenvalue weighted by Gasteiger charge is 2.39. The van der Waals surface area contributed by atoms with Gasteiger partial charge in [0.2, 0.25) is 0 Å². The van der Waals surface area contributed by atoms with Crippen molar-refractivity contribution < 1.29 is 0 Å². The Morgan fingerprint density at radius 3 is 1.07 bits per heavy atom. The van der Waals surface area contributed by atoms with Crippen LogP contribution in [-0.2, 0) is 10.8 Å². The summed E-state index contributed by atoms with van der Waals surface area (Å²) >= 11 is 0. The van der Waals surface area contributed by atoms with Gasteiger partial charge in [-0.3, -0.25) is 0 Å². The summed E-state index contributed by atoms with van der Waals surface area (Å²) in [7, 11) is 0. The number of benzene rings is 16. The van der Waals surface area contributed by atoms with Crippen molar-refractivity contribution in [2.45, 2.75) is 38.5 Å². The van der Waals surface area contributed by atoms with E-state index in [0.717, 1.165) is 28.3 Å². The summed E-state index contributed by atoms with van der Waals surface area (Å²) in [4.78, 5) is 0. The van der Waals surface area contributed by atoms with Crippen molar-refractivity contribution in [2.24, 2.45) is 0 Å². The van der Waals surface area contributed by atoms with Gasteiger partial charge in [-0.1, -0.05) is 264 Å². The summed E-state index contributed by atoms with van der Waals surface area (Å²) in [6.45, 7) is 9.59. The third kappa shape index (κ3) is 8.70. The molecule has 16 aromatic carbocycles. The molecule has 4 nitrogen and oxygen atoms in total. The molecule has 0 radical (unpaired) electrons. The van der Waals surface area contributed by atoms with Gasteiger partial charge in [-0.15, -0.1) is 0 Å². The first-order valence-corrected chi connectivity index (χ1v) is 37.1. The molecule has 4 aromatic heterocycles. The lowest BCUT2D eigenvalue weighted by molar-refractivity contribution is 0.660. The van der Waals surface area contributed by atoms with Gasteiger partial charge in [0.15, 0.2) is 0 Å². The van der Waals surface area contributed by atoms with Crippen molar-refractivity contribution in [2.75, 3.05) is 0 Å². The van der Waals surface area contributed by atoms with Gasteiger partial charge in [-0.2, -0.15) is 0 Å². The molecule has 0 N–H and O–H groups in total. The summed E-state index contributed by atoms with van der Waals surface area (Å²) in [6, 6.07) is 132. The monoisotopic (exact) mass is 1350 g/mol. The largest absolute Gasteiger partial charge is 0.309 e. The fourth-order valence-electron chi connectivity index (χ4n) is 19.0. The third-order valence-corrected chi connectivity index (χ3v) is 24.0. The van der Waals surface area contributed by atoms with E-state index in [4.69, 9.17) is 0 Å². The van der Waals surface area contributed by atoms with Crippen LogP contribution in [0.1, 0.15) is 49.9 Å². The molecule has 0 unspecified atom stereocenters. The van der Waals surface area contributed by atoms with Crippen LogP contribution in [0.4, 0.5) is 0 Å². The van der Waals surface area contributed by atoms with Gasteiger partial charge < -0.3 is 18.3 Å². The highest BCUT2D eigenvalue weighted by Crippen LogP contribution is 2.55. The van der Waals surface area contributed by atoms with E-state index in [1.54, 1.807) is 0 Å². The lowest BCUT2D eigenvalue weighted by atomic mass is 9.80. The summed E-state index contributed by atoms with van der Waals surface area (Å²) < 4.78 is 9.96. The van der Waals surface area contributed by atoms with Gasteiger partial charge in [-0.05, 0) is 215 Å². The van der Waals surface area contributed by atoms with E-state index in [9.17, 15) is 0 Å². The maximum absolute atomic E-state index is 2.56. The van der Waals surface area contributed by atoms with E-state index < -0.39 is 0 Å². The predicted octanol–water partition coefficient (Wildman–Crippen LogP) is 27.0. The molecule has 20 aromatic rings. The average Bonchev–Trinajstić information content (AvgIpc) is 1.55. The Morgan fingerprint density at radius 2 is 0.538 bits per heavy atom. The number of hydrogen-bond donors (Lipinski definition) is 0. The molecule has 2 aliphatic rings. The summed E-state index contributed by atoms with van der Waals surface area (Å²) in [6.07, 6.45) is 0. The Morgan fingerprint density at radius 1 is 0.179 bits per heavy atom. The summed E-state index contributed by atoms with van der Waals surface area (Å²) in [5.41, 5.74) is 36.2. The molecular weight excluding hydrogens is 1280 g/mol. The first-order chi connectivity index (χ1) is 52.1. The maximum atomic E-state index is 2.56. The van der Waals surface area contributed by atoms with E-state index in [1.165, 1.54) is 182 Å². The van der Waals surface area contributed by atoms with Gasteiger partial charge >= 0.3 is 0 Å². The second-order valence-corrected chi connectivity index (χ2v) is 30.3. The summed E-state index contributed by atoms with van der Waals surface area (Å²) in [5.74, 6) is 0. The molecule has 0 spiro atoms. The van der Waals surface area contributed by atoms with Gasteiger partial charge in [0.05, 0.1) is 44.1 Å². The lowest BCUT2D eigenvalue weighted by Gasteiger charge is -2.23. The van der Waals surface area contributed by atoms with Crippen LogP contribution >= 0.6 is 0 Å². The molecule has 2 aliphatic carbocycles. The zero-order valence-electron chi connectivity index (χ0n) is 59.3. The molecule has 0 saturated carbocycles. The van der Waals surface area contributed by atoms with Gasteiger partial charge in [0, 0.05) is 76.7 Å². The molecule has 4 heteroatoms. The van der Waals surface area contributed by atoms with Crippen LogP contribution in [0.3, 0.4) is 0 Å². The average molecular weight is 1350 g/mol. The van der Waals surface area contributed by atoms with E-state index in [1.807, 2.05) is 0 Å². The van der Waals surface area contributed by atoms with E-state index in [2.05, 4.69) is 398 Å². The zero-order valence-corrected chi connectivity index (χ0v) is 59.3. The van der Waals surface area contributed by atoms with Gasteiger partial charge in [-0.25, -0.2) is 0 Å². The highest BCUT2D eigenvalue weighted by atomic mass is 15.0. The molecule has 0 amide bonds. The number of para-hydroxylation sites is 3. The molecule has 4 heterocycles. The molecule has 0 bridgehead atoms. The highest BCUT2D eigenvalue weighted by molar-refractivity contribution is 6.30. The standard InChI is InChI=1S/C102H70N4/c1-101(2)84-33-16-11-28-76(84)77-52-44-69(60-86(77)101)68-26-21-27-75(58-68)106-94-57-56-93-99(81-32-15-20-37-90(81)104(93)73-48-40-66(41-49-73)64-24-9-6-10-25-64)100(94)82-53-45-70(62-95(82)106)71-59-83(96-78-29-12-17-34-85(78)102(3,4)87(96)61-71)67-42-50-74(51-43-67)105-89-36-19-14-31-80(89)98-92(105)55-54-91-97(98)79-30-13-18-35-88(79)103(91)72-46-38-65(39-47-72)63-22-7-5-8-23-63/h5-62H,1-4H3. The third-order valence-electron chi connectivity index (χ3n) is 24.0. The smallest absolute Gasteiger partial charge is 0.0548 e. The van der Waals surface area contributed by atoms with Crippen molar-refractivity contribution in [3.8, 4) is 101 Å². The van der Waals surface area contributed by atoms with Crippen LogP contribution in [-0.4, -0.2) is 18.3 Å².